The van der Waals surface area contributed by atoms with Gasteiger partial charge in [-0.2, -0.15) is 0 Å². The molecule has 1 fully saturated rings. The highest BCUT2D eigenvalue weighted by Crippen LogP contribution is 2.20. The minimum Gasteiger partial charge on any atom is -0.377 e. The molecule has 0 amide bonds. The standard InChI is InChI=1S/C8H17NO/c1-4-8(5-10-6-8)9-7(2)3/h7,9H,4-6H2,1-3H3. The van der Waals surface area contributed by atoms with Crippen LogP contribution in [0.15, 0.2) is 0 Å². The summed E-state index contributed by atoms with van der Waals surface area (Å²) in [5.41, 5.74) is 0.314. The Balaban J connectivity index is 2.33. The van der Waals surface area contributed by atoms with Crippen LogP contribution in [0, 0.1) is 0 Å². The molecule has 2 heteroatoms. The predicted molar refractivity (Wildman–Crippen MR) is 42.1 cm³/mol. The third-order valence-corrected chi connectivity index (χ3v) is 2.03. The molecule has 2 nitrogen and oxygen atoms in total. The SMILES string of the molecule is CCC1(NC(C)C)COC1. The van der Waals surface area contributed by atoms with Crippen LogP contribution >= 0.6 is 0 Å². The molecule has 0 spiro atoms. The van der Waals surface area contributed by atoms with Crippen molar-refractivity contribution >= 4 is 0 Å². The molecule has 1 N–H and O–H groups in total. The highest BCUT2D eigenvalue weighted by molar-refractivity contribution is 4.93. The summed E-state index contributed by atoms with van der Waals surface area (Å²) in [6.07, 6.45) is 1.17. The molecule has 0 saturated carbocycles. The first-order chi connectivity index (χ1) is 4.68. The van der Waals surface area contributed by atoms with Gasteiger partial charge in [0.2, 0.25) is 0 Å². The molecule has 0 unspecified atom stereocenters. The summed E-state index contributed by atoms with van der Waals surface area (Å²) in [6, 6.07) is 0.573. The van der Waals surface area contributed by atoms with Gasteiger partial charge in [0.1, 0.15) is 0 Å². The van der Waals surface area contributed by atoms with E-state index in [1.54, 1.807) is 0 Å². The summed E-state index contributed by atoms with van der Waals surface area (Å²) in [4.78, 5) is 0. The van der Waals surface area contributed by atoms with Crippen LogP contribution in [-0.4, -0.2) is 24.8 Å². The van der Waals surface area contributed by atoms with E-state index in [-0.39, 0.29) is 0 Å². The second-order valence-electron chi connectivity index (χ2n) is 3.43. The lowest BCUT2D eigenvalue weighted by atomic mass is 9.93. The Hall–Kier alpha value is -0.0800. The Morgan fingerprint density at radius 3 is 2.20 bits per heavy atom. The van der Waals surface area contributed by atoms with E-state index in [0.717, 1.165) is 13.2 Å². The van der Waals surface area contributed by atoms with Gasteiger partial charge in [0.25, 0.3) is 0 Å². The van der Waals surface area contributed by atoms with E-state index < -0.39 is 0 Å². The van der Waals surface area contributed by atoms with Gasteiger partial charge in [0, 0.05) is 6.04 Å². The zero-order chi connectivity index (χ0) is 7.61. The van der Waals surface area contributed by atoms with Crippen LogP contribution in [0.2, 0.25) is 0 Å². The predicted octanol–water partition coefficient (Wildman–Crippen LogP) is 1.16. The van der Waals surface area contributed by atoms with E-state index in [4.69, 9.17) is 4.74 Å². The first-order valence-electron chi connectivity index (χ1n) is 4.04. The van der Waals surface area contributed by atoms with Crippen LogP contribution in [0.1, 0.15) is 27.2 Å². The summed E-state index contributed by atoms with van der Waals surface area (Å²) in [6.45, 7) is 8.34. The third kappa shape index (κ3) is 1.50. The van der Waals surface area contributed by atoms with Gasteiger partial charge < -0.3 is 10.1 Å². The van der Waals surface area contributed by atoms with Crippen molar-refractivity contribution in [2.75, 3.05) is 13.2 Å². The van der Waals surface area contributed by atoms with Crippen molar-refractivity contribution in [3.63, 3.8) is 0 Å². The molecular formula is C8H17NO. The Morgan fingerprint density at radius 2 is 2.10 bits per heavy atom. The minimum absolute atomic E-state index is 0.314. The van der Waals surface area contributed by atoms with Crippen molar-refractivity contribution in [1.29, 1.82) is 0 Å². The van der Waals surface area contributed by atoms with Gasteiger partial charge in [-0.25, -0.2) is 0 Å². The molecule has 10 heavy (non-hydrogen) atoms. The van der Waals surface area contributed by atoms with E-state index in [1.165, 1.54) is 6.42 Å². The summed E-state index contributed by atoms with van der Waals surface area (Å²) in [7, 11) is 0. The smallest absolute Gasteiger partial charge is 0.0671 e. The van der Waals surface area contributed by atoms with Crippen LogP contribution in [0.25, 0.3) is 0 Å². The zero-order valence-electron chi connectivity index (χ0n) is 7.11. The van der Waals surface area contributed by atoms with Gasteiger partial charge in [-0.1, -0.05) is 20.8 Å². The number of rotatable bonds is 3. The molecule has 1 rings (SSSR count). The lowest BCUT2D eigenvalue weighted by molar-refractivity contribution is -0.0796. The maximum atomic E-state index is 5.17. The molecule has 1 aliphatic heterocycles. The number of hydrogen-bond donors (Lipinski definition) is 1. The molecule has 1 aliphatic rings. The third-order valence-electron chi connectivity index (χ3n) is 2.03. The lowest BCUT2D eigenvalue weighted by Crippen LogP contribution is -2.61. The van der Waals surface area contributed by atoms with E-state index in [0.29, 0.717) is 11.6 Å². The Labute approximate surface area is 63.0 Å². The molecule has 0 aromatic carbocycles. The quantitative estimate of drug-likeness (QED) is 0.640. The number of ether oxygens (including phenoxy) is 1. The van der Waals surface area contributed by atoms with Crippen molar-refractivity contribution < 1.29 is 4.74 Å². The first-order valence-corrected chi connectivity index (χ1v) is 4.04. The maximum absolute atomic E-state index is 5.17. The van der Waals surface area contributed by atoms with Gasteiger partial charge in [-0.3, -0.25) is 0 Å². The van der Waals surface area contributed by atoms with E-state index in [2.05, 4.69) is 26.1 Å². The Bertz CT molecular complexity index is 102. The van der Waals surface area contributed by atoms with Gasteiger partial charge in [0.15, 0.2) is 0 Å². The van der Waals surface area contributed by atoms with Crippen LogP contribution in [0.5, 0.6) is 0 Å². The van der Waals surface area contributed by atoms with E-state index >= 15 is 0 Å². The normalized spacial score (nSPS) is 22.8. The van der Waals surface area contributed by atoms with Crippen LogP contribution in [0.3, 0.4) is 0 Å². The number of hydrogen-bond acceptors (Lipinski definition) is 2. The summed E-state index contributed by atoms with van der Waals surface area (Å²) in [5, 5.41) is 3.52. The van der Waals surface area contributed by atoms with Crippen LogP contribution in [-0.2, 0) is 4.74 Å². The van der Waals surface area contributed by atoms with Gasteiger partial charge in [0.05, 0.1) is 18.8 Å². The summed E-state index contributed by atoms with van der Waals surface area (Å²) >= 11 is 0. The summed E-state index contributed by atoms with van der Waals surface area (Å²) in [5.74, 6) is 0. The monoisotopic (exact) mass is 143 g/mol. The first kappa shape index (κ1) is 8.02. The molecule has 0 aromatic rings. The molecule has 0 radical (unpaired) electrons. The van der Waals surface area contributed by atoms with Crippen molar-refractivity contribution in [3.05, 3.63) is 0 Å². The lowest BCUT2D eigenvalue weighted by Gasteiger charge is -2.43. The van der Waals surface area contributed by atoms with Gasteiger partial charge in [-0.05, 0) is 6.42 Å². The van der Waals surface area contributed by atoms with Crippen molar-refractivity contribution in [2.45, 2.75) is 38.8 Å². The fourth-order valence-electron chi connectivity index (χ4n) is 1.35. The molecule has 1 heterocycles. The van der Waals surface area contributed by atoms with Crippen molar-refractivity contribution in [1.82, 2.24) is 5.32 Å². The second-order valence-corrected chi connectivity index (χ2v) is 3.43. The van der Waals surface area contributed by atoms with Gasteiger partial charge in [-0.15, -0.1) is 0 Å². The average Bonchev–Trinajstić information content (AvgIpc) is 1.78. The van der Waals surface area contributed by atoms with Gasteiger partial charge >= 0.3 is 0 Å². The van der Waals surface area contributed by atoms with Crippen LogP contribution in [0.4, 0.5) is 0 Å². The molecule has 0 aliphatic carbocycles. The molecule has 0 bridgehead atoms. The minimum atomic E-state index is 0.314. The second kappa shape index (κ2) is 2.89. The fraction of sp³-hybridized carbons (Fsp3) is 1.00. The topological polar surface area (TPSA) is 21.3 Å². The highest BCUT2D eigenvalue weighted by atomic mass is 16.5. The molecule has 60 valence electrons. The maximum Gasteiger partial charge on any atom is 0.0671 e. The van der Waals surface area contributed by atoms with Crippen LogP contribution < -0.4 is 5.32 Å². The Morgan fingerprint density at radius 1 is 1.50 bits per heavy atom. The fourth-order valence-corrected chi connectivity index (χ4v) is 1.35. The highest BCUT2D eigenvalue weighted by Gasteiger charge is 2.36. The Kier molecular flexibility index (Phi) is 2.32. The summed E-state index contributed by atoms with van der Waals surface area (Å²) < 4.78 is 5.17. The molecule has 1 saturated heterocycles. The zero-order valence-corrected chi connectivity index (χ0v) is 7.11. The number of nitrogens with one attached hydrogen (secondary N) is 1. The molecule has 0 aromatic heterocycles. The van der Waals surface area contributed by atoms with E-state index in [1.807, 2.05) is 0 Å². The van der Waals surface area contributed by atoms with E-state index in [9.17, 15) is 0 Å². The largest absolute Gasteiger partial charge is 0.377 e. The average molecular weight is 143 g/mol. The molecule has 0 atom stereocenters. The van der Waals surface area contributed by atoms with Crippen molar-refractivity contribution in [2.24, 2.45) is 0 Å². The molecular weight excluding hydrogens is 126 g/mol. The van der Waals surface area contributed by atoms with Crippen molar-refractivity contribution in [3.8, 4) is 0 Å².